The van der Waals surface area contributed by atoms with Gasteiger partial charge >= 0.3 is 0 Å². The molecule has 19 heavy (non-hydrogen) atoms. The Labute approximate surface area is 118 Å². The van der Waals surface area contributed by atoms with Gasteiger partial charge in [0.25, 0.3) is 0 Å². The molecule has 2 fully saturated rings. The molecule has 2 heteroatoms. The van der Waals surface area contributed by atoms with Crippen LogP contribution >= 0.6 is 0 Å². The Morgan fingerprint density at radius 1 is 1.05 bits per heavy atom. The van der Waals surface area contributed by atoms with E-state index in [1.807, 2.05) is 6.92 Å². The Bertz CT molecular complexity index is 301. The fraction of sp³-hybridized carbons (Fsp3) is 0.882. The third kappa shape index (κ3) is 5.16. The first-order valence-corrected chi connectivity index (χ1v) is 8.01. The quantitative estimate of drug-likeness (QED) is 0.722. The lowest BCUT2D eigenvalue weighted by molar-refractivity contribution is 0.0188. The van der Waals surface area contributed by atoms with Gasteiger partial charge in [0, 0.05) is 19.6 Å². The molecule has 0 aromatic rings. The van der Waals surface area contributed by atoms with Gasteiger partial charge in [-0.05, 0) is 44.4 Å². The van der Waals surface area contributed by atoms with Gasteiger partial charge in [0.2, 0.25) is 0 Å². The van der Waals surface area contributed by atoms with Gasteiger partial charge in [-0.15, -0.1) is 5.92 Å². The van der Waals surface area contributed by atoms with Crippen molar-refractivity contribution in [1.29, 1.82) is 0 Å². The number of likely N-dealkylation sites (tertiary alicyclic amines) is 1. The van der Waals surface area contributed by atoms with Crippen LogP contribution in [0.25, 0.3) is 0 Å². The minimum absolute atomic E-state index is 0.448. The summed E-state index contributed by atoms with van der Waals surface area (Å²) in [6, 6.07) is 0. The maximum absolute atomic E-state index is 5.78. The number of hydrogen-bond donors (Lipinski definition) is 0. The van der Waals surface area contributed by atoms with Gasteiger partial charge in [-0.1, -0.05) is 25.7 Å². The first-order chi connectivity index (χ1) is 9.28. The van der Waals surface area contributed by atoms with E-state index >= 15 is 0 Å². The van der Waals surface area contributed by atoms with Crippen molar-refractivity contribution in [2.24, 2.45) is 11.8 Å². The average molecular weight is 263 g/mol. The first kappa shape index (κ1) is 14.9. The lowest BCUT2D eigenvalue weighted by atomic mass is 9.82. The maximum atomic E-state index is 5.78. The second kappa shape index (κ2) is 7.92. The van der Waals surface area contributed by atoms with Crippen molar-refractivity contribution in [1.82, 2.24) is 4.90 Å². The summed E-state index contributed by atoms with van der Waals surface area (Å²) in [7, 11) is 0. The van der Waals surface area contributed by atoms with Crippen LogP contribution in [-0.2, 0) is 4.74 Å². The number of rotatable bonds is 4. The second-order valence-electron chi connectivity index (χ2n) is 6.36. The first-order valence-electron chi connectivity index (χ1n) is 8.01. The van der Waals surface area contributed by atoms with E-state index in [2.05, 4.69) is 23.7 Å². The molecule has 2 nitrogen and oxygen atoms in total. The average Bonchev–Trinajstić information content (AvgIpc) is 2.44. The molecule has 108 valence electrons. The zero-order valence-electron chi connectivity index (χ0n) is 12.7. The highest BCUT2D eigenvalue weighted by Crippen LogP contribution is 2.29. The van der Waals surface area contributed by atoms with Crippen LogP contribution in [0.1, 0.15) is 52.4 Å². The summed E-state index contributed by atoms with van der Waals surface area (Å²) in [6.45, 7) is 8.65. The topological polar surface area (TPSA) is 12.5 Å². The van der Waals surface area contributed by atoms with Crippen molar-refractivity contribution in [3.63, 3.8) is 0 Å². The number of hydrogen-bond acceptors (Lipinski definition) is 2. The summed E-state index contributed by atoms with van der Waals surface area (Å²) in [4.78, 5) is 2.66. The monoisotopic (exact) mass is 263 g/mol. The Morgan fingerprint density at radius 2 is 1.74 bits per heavy atom. The van der Waals surface area contributed by atoms with Crippen LogP contribution in [0.3, 0.4) is 0 Å². The van der Waals surface area contributed by atoms with Crippen molar-refractivity contribution in [2.45, 2.75) is 58.5 Å². The van der Waals surface area contributed by atoms with Crippen LogP contribution in [0.15, 0.2) is 0 Å². The molecule has 1 saturated heterocycles. The lowest BCUT2D eigenvalue weighted by Gasteiger charge is -2.36. The van der Waals surface area contributed by atoms with Crippen LogP contribution in [0, 0.1) is 23.7 Å². The molecule has 0 aromatic carbocycles. The van der Waals surface area contributed by atoms with E-state index in [4.69, 9.17) is 4.74 Å². The van der Waals surface area contributed by atoms with E-state index in [-0.39, 0.29) is 0 Å². The van der Waals surface area contributed by atoms with Crippen molar-refractivity contribution < 1.29 is 4.74 Å². The van der Waals surface area contributed by atoms with Gasteiger partial charge in [0.15, 0.2) is 0 Å². The van der Waals surface area contributed by atoms with E-state index in [9.17, 15) is 0 Å². The summed E-state index contributed by atoms with van der Waals surface area (Å²) in [6.07, 6.45) is 8.61. The van der Waals surface area contributed by atoms with E-state index in [1.54, 1.807) is 0 Å². The zero-order valence-corrected chi connectivity index (χ0v) is 12.7. The molecular weight excluding hydrogens is 234 g/mol. The number of ether oxygens (including phenoxy) is 1. The van der Waals surface area contributed by atoms with E-state index in [0.29, 0.717) is 12.7 Å². The van der Waals surface area contributed by atoms with Crippen molar-refractivity contribution in [3.8, 4) is 11.8 Å². The Morgan fingerprint density at radius 3 is 2.37 bits per heavy atom. The molecule has 1 aliphatic carbocycles. The van der Waals surface area contributed by atoms with E-state index < -0.39 is 0 Å². The second-order valence-corrected chi connectivity index (χ2v) is 6.36. The Balaban J connectivity index is 1.61. The van der Waals surface area contributed by atoms with Crippen molar-refractivity contribution in [3.05, 3.63) is 0 Å². The van der Waals surface area contributed by atoms with Crippen LogP contribution in [0.5, 0.6) is 0 Å². The lowest BCUT2D eigenvalue weighted by Crippen LogP contribution is -2.40. The Kier molecular flexibility index (Phi) is 6.20. The summed E-state index contributed by atoms with van der Waals surface area (Å²) < 4.78 is 5.78. The smallest absolute Gasteiger partial charge is 0.108 e. The summed E-state index contributed by atoms with van der Waals surface area (Å²) >= 11 is 0. The minimum atomic E-state index is 0.448. The van der Waals surface area contributed by atoms with Crippen molar-refractivity contribution >= 4 is 0 Å². The molecule has 2 rings (SSSR count). The molecule has 0 N–H and O–H groups in total. The molecule has 0 atom stereocenters. The van der Waals surface area contributed by atoms with Gasteiger partial charge in [-0.3, -0.25) is 0 Å². The van der Waals surface area contributed by atoms with E-state index in [1.165, 1.54) is 58.2 Å². The SMILES string of the molecule is CC#CCOC1CCN(CC2CCC(C)CC2)CC1. The van der Waals surface area contributed by atoms with Gasteiger partial charge in [0.05, 0.1) is 6.10 Å². The van der Waals surface area contributed by atoms with Crippen LogP contribution < -0.4 is 0 Å². The molecule has 0 bridgehead atoms. The predicted molar refractivity (Wildman–Crippen MR) is 80.0 cm³/mol. The molecule has 1 aliphatic heterocycles. The minimum Gasteiger partial charge on any atom is -0.365 e. The normalized spacial score (nSPS) is 29.8. The summed E-state index contributed by atoms with van der Waals surface area (Å²) in [5.74, 6) is 7.80. The fourth-order valence-electron chi connectivity index (χ4n) is 3.37. The number of nitrogens with zero attached hydrogens (tertiary/aromatic N) is 1. The fourth-order valence-corrected chi connectivity index (χ4v) is 3.37. The third-order valence-corrected chi connectivity index (χ3v) is 4.75. The molecule has 0 spiro atoms. The highest BCUT2D eigenvalue weighted by atomic mass is 16.5. The molecule has 2 aliphatic rings. The van der Waals surface area contributed by atoms with Gasteiger partial charge < -0.3 is 9.64 Å². The van der Waals surface area contributed by atoms with E-state index in [0.717, 1.165) is 11.8 Å². The molecule has 1 heterocycles. The summed E-state index contributed by atoms with van der Waals surface area (Å²) in [5, 5.41) is 0. The third-order valence-electron chi connectivity index (χ3n) is 4.75. The molecule has 1 saturated carbocycles. The molecule has 0 aromatic heterocycles. The zero-order chi connectivity index (χ0) is 13.5. The van der Waals surface area contributed by atoms with Crippen LogP contribution in [0.2, 0.25) is 0 Å². The van der Waals surface area contributed by atoms with Gasteiger partial charge in [-0.2, -0.15) is 0 Å². The van der Waals surface area contributed by atoms with Gasteiger partial charge in [0.1, 0.15) is 6.61 Å². The van der Waals surface area contributed by atoms with Crippen LogP contribution in [-0.4, -0.2) is 37.2 Å². The standard InChI is InChI=1S/C17H29NO/c1-3-4-13-19-17-9-11-18(12-10-17)14-16-7-5-15(2)6-8-16/h15-17H,5-14H2,1-2H3. The predicted octanol–water partition coefficient (Wildman–Crippen LogP) is 3.32. The molecule has 0 radical (unpaired) electrons. The highest BCUT2D eigenvalue weighted by Gasteiger charge is 2.24. The van der Waals surface area contributed by atoms with Crippen LogP contribution in [0.4, 0.5) is 0 Å². The Hall–Kier alpha value is -0.520. The summed E-state index contributed by atoms with van der Waals surface area (Å²) in [5.41, 5.74) is 0. The molecular formula is C17H29NO. The largest absolute Gasteiger partial charge is 0.365 e. The highest BCUT2D eigenvalue weighted by molar-refractivity contribution is 4.95. The maximum Gasteiger partial charge on any atom is 0.108 e. The molecule has 0 amide bonds. The van der Waals surface area contributed by atoms with Crippen molar-refractivity contribution in [2.75, 3.05) is 26.2 Å². The molecule has 0 unspecified atom stereocenters. The van der Waals surface area contributed by atoms with Gasteiger partial charge in [-0.25, -0.2) is 0 Å². The number of piperidine rings is 1.